The zero-order valence-electron chi connectivity index (χ0n) is 9.21. The average molecular weight is 197 g/mol. The number of hydrogen-bond donors (Lipinski definition) is 2. The second kappa shape index (κ2) is 4.63. The Balaban J connectivity index is 1.58. The molecule has 4 atom stereocenters. The third-order valence-corrected chi connectivity index (χ3v) is 4.03. The van der Waals surface area contributed by atoms with E-state index in [2.05, 4.69) is 5.32 Å². The van der Waals surface area contributed by atoms with Crippen LogP contribution in [0.3, 0.4) is 0 Å². The van der Waals surface area contributed by atoms with Crippen LogP contribution in [0, 0.1) is 17.8 Å². The first kappa shape index (κ1) is 10.4. The van der Waals surface area contributed by atoms with Crippen LogP contribution in [0.25, 0.3) is 0 Å². The van der Waals surface area contributed by atoms with E-state index in [4.69, 9.17) is 5.11 Å². The van der Waals surface area contributed by atoms with E-state index in [1.165, 1.54) is 32.2 Å². The molecule has 0 spiro atoms. The van der Waals surface area contributed by atoms with Crippen molar-refractivity contribution in [2.75, 3.05) is 13.1 Å². The van der Waals surface area contributed by atoms with Crippen LogP contribution >= 0.6 is 0 Å². The Morgan fingerprint density at radius 3 is 2.79 bits per heavy atom. The molecule has 0 amide bonds. The Hall–Kier alpha value is -0.0800. The molecule has 2 saturated carbocycles. The Bertz CT molecular complexity index is 181. The first-order valence-corrected chi connectivity index (χ1v) is 6.14. The third-order valence-electron chi connectivity index (χ3n) is 4.03. The lowest BCUT2D eigenvalue weighted by atomic mass is 9.89. The highest BCUT2D eigenvalue weighted by atomic mass is 16.3. The number of fused-ring (bicyclic) bond motifs is 2. The average Bonchev–Trinajstić information content (AvgIpc) is 2.73. The number of aliphatic hydroxyl groups is 1. The number of hydrogen-bond acceptors (Lipinski definition) is 2. The standard InChI is InChI=1S/C12H23NO/c1-9(14)4-5-13-8-12-7-10-2-3-11(12)6-10/h9-14H,2-8H2,1H3. The third kappa shape index (κ3) is 2.48. The fraction of sp³-hybridized carbons (Fsp3) is 1.00. The summed E-state index contributed by atoms with van der Waals surface area (Å²) in [5.74, 6) is 3.03. The molecule has 82 valence electrons. The molecule has 2 rings (SSSR count). The van der Waals surface area contributed by atoms with Gasteiger partial charge in [-0.15, -0.1) is 0 Å². The lowest BCUT2D eigenvalue weighted by Crippen LogP contribution is -2.28. The molecule has 4 unspecified atom stereocenters. The predicted octanol–water partition coefficient (Wildman–Crippen LogP) is 1.78. The van der Waals surface area contributed by atoms with E-state index in [0.29, 0.717) is 0 Å². The fourth-order valence-electron chi connectivity index (χ4n) is 3.22. The molecular weight excluding hydrogens is 174 g/mol. The minimum Gasteiger partial charge on any atom is -0.393 e. The maximum absolute atomic E-state index is 9.11. The van der Waals surface area contributed by atoms with E-state index in [1.807, 2.05) is 6.92 Å². The molecule has 0 saturated heterocycles. The normalized spacial score (nSPS) is 37.7. The van der Waals surface area contributed by atoms with Crippen molar-refractivity contribution in [3.63, 3.8) is 0 Å². The zero-order chi connectivity index (χ0) is 9.97. The molecule has 0 aromatic heterocycles. The van der Waals surface area contributed by atoms with Crippen molar-refractivity contribution in [3.8, 4) is 0 Å². The number of nitrogens with one attached hydrogen (secondary N) is 1. The topological polar surface area (TPSA) is 32.3 Å². The Morgan fingerprint density at radius 2 is 2.21 bits per heavy atom. The van der Waals surface area contributed by atoms with Gasteiger partial charge in [0.25, 0.3) is 0 Å². The van der Waals surface area contributed by atoms with Crippen molar-refractivity contribution in [2.45, 2.75) is 45.1 Å². The number of aliphatic hydroxyl groups excluding tert-OH is 1. The van der Waals surface area contributed by atoms with E-state index < -0.39 is 0 Å². The molecule has 2 N–H and O–H groups in total. The number of rotatable bonds is 5. The summed E-state index contributed by atoms with van der Waals surface area (Å²) in [6.45, 7) is 4.03. The molecule has 2 nitrogen and oxygen atoms in total. The van der Waals surface area contributed by atoms with Crippen LogP contribution in [0.4, 0.5) is 0 Å². The minimum atomic E-state index is -0.150. The van der Waals surface area contributed by atoms with Gasteiger partial charge in [0.2, 0.25) is 0 Å². The highest BCUT2D eigenvalue weighted by Crippen LogP contribution is 2.47. The lowest BCUT2D eigenvalue weighted by Gasteiger charge is -2.22. The second-order valence-corrected chi connectivity index (χ2v) is 5.28. The van der Waals surface area contributed by atoms with Gasteiger partial charge in [-0.05, 0) is 63.5 Å². The first-order valence-electron chi connectivity index (χ1n) is 6.14. The maximum atomic E-state index is 9.11. The predicted molar refractivity (Wildman–Crippen MR) is 58.1 cm³/mol. The smallest absolute Gasteiger partial charge is 0.0524 e. The van der Waals surface area contributed by atoms with Crippen LogP contribution in [0.2, 0.25) is 0 Å². The van der Waals surface area contributed by atoms with Gasteiger partial charge in [-0.1, -0.05) is 6.42 Å². The van der Waals surface area contributed by atoms with Gasteiger partial charge in [0.05, 0.1) is 6.10 Å². The Kier molecular flexibility index (Phi) is 3.45. The summed E-state index contributed by atoms with van der Waals surface area (Å²) in [6.07, 6.45) is 6.68. The maximum Gasteiger partial charge on any atom is 0.0524 e. The van der Waals surface area contributed by atoms with Gasteiger partial charge in [0, 0.05) is 0 Å². The summed E-state index contributed by atoms with van der Waals surface area (Å²) in [4.78, 5) is 0. The molecule has 0 radical (unpaired) electrons. The summed E-state index contributed by atoms with van der Waals surface area (Å²) in [7, 11) is 0. The molecule has 2 fully saturated rings. The molecule has 14 heavy (non-hydrogen) atoms. The van der Waals surface area contributed by atoms with Gasteiger partial charge in [-0.2, -0.15) is 0 Å². The minimum absolute atomic E-state index is 0.150. The molecule has 0 aromatic rings. The van der Waals surface area contributed by atoms with Gasteiger partial charge < -0.3 is 10.4 Å². The highest BCUT2D eigenvalue weighted by molar-refractivity contribution is 4.90. The largest absolute Gasteiger partial charge is 0.393 e. The molecule has 2 heteroatoms. The van der Waals surface area contributed by atoms with Gasteiger partial charge in [-0.25, -0.2) is 0 Å². The fourth-order valence-corrected chi connectivity index (χ4v) is 3.22. The van der Waals surface area contributed by atoms with E-state index >= 15 is 0 Å². The van der Waals surface area contributed by atoms with Crippen LogP contribution in [0.15, 0.2) is 0 Å². The monoisotopic (exact) mass is 197 g/mol. The van der Waals surface area contributed by atoms with Crippen LogP contribution in [0.5, 0.6) is 0 Å². The second-order valence-electron chi connectivity index (χ2n) is 5.28. The van der Waals surface area contributed by atoms with E-state index in [1.54, 1.807) is 0 Å². The van der Waals surface area contributed by atoms with E-state index in [9.17, 15) is 0 Å². The van der Waals surface area contributed by atoms with Crippen molar-refractivity contribution in [3.05, 3.63) is 0 Å². The van der Waals surface area contributed by atoms with Gasteiger partial charge in [0.1, 0.15) is 0 Å². The van der Waals surface area contributed by atoms with Crippen molar-refractivity contribution in [1.29, 1.82) is 0 Å². The quantitative estimate of drug-likeness (QED) is 0.659. The Labute approximate surface area is 87.1 Å². The Morgan fingerprint density at radius 1 is 1.36 bits per heavy atom. The SMILES string of the molecule is CC(O)CCNCC1CC2CCC1C2. The molecule has 2 bridgehead atoms. The van der Waals surface area contributed by atoms with E-state index in [-0.39, 0.29) is 6.10 Å². The molecule has 2 aliphatic carbocycles. The summed E-state index contributed by atoms with van der Waals surface area (Å²) < 4.78 is 0. The summed E-state index contributed by atoms with van der Waals surface area (Å²) >= 11 is 0. The van der Waals surface area contributed by atoms with E-state index in [0.717, 1.165) is 30.7 Å². The molecule has 2 aliphatic rings. The van der Waals surface area contributed by atoms with Gasteiger partial charge in [-0.3, -0.25) is 0 Å². The van der Waals surface area contributed by atoms with Crippen molar-refractivity contribution < 1.29 is 5.11 Å². The van der Waals surface area contributed by atoms with Crippen LogP contribution in [0.1, 0.15) is 39.0 Å². The lowest BCUT2D eigenvalue weighted by molar-refractivity contribution is 0.182. The van der Waals surface area contributed by atoms with Crippen LogP contribution in [-0.4, -0.2) is 24.3 Å². The van der Waals surface area contributed by atoms with Crippen LogP contribution < -0.4 is 5.32 Å². The summed E-state index contributed by atoms with van der Waals surface area (Å²) in [6, 6.07) is 0. The molecular formula is C12H23NO. The molecule has 0 heterocycles. The molecule has 0 aliphatic heterocycles. The van der Waals surface area contributed by atoms with Crippen LogP contribution in [-0.2, 0) is 0 Å². The van der Waals surface area contributed by atoms with Gasteiger partial charge in [0.15, 0.2) is 0 Å². The first-order chi connectivity index (χ1) is 6.75. The van der Waals surface area contributed by atoms with Crippen molar-refractivity contribution >= 4 is 0 Å². The van der Waals surface area contributed by atoms with Crippen molar-refractivity contribution in [1.82, 2.24) is 5.32 Å². The highest BCUT2D eigenvalue weighted by Gasteiger charge is 2.38. The van der Waals surface area contributed by atoms with Crippen molar-refractivity contribution in [2.24, 2.45) is 17.8 Å². The molecule has 0 aromatic carbocycles. The zero-order valence-corrected chi connectivity index (χ0v) is 9.21. The van der Waals surface area contributed by atoms with Gasteiger partial charge >= 0.3 is 0 Å². The summed E-state index contributed by atoms with van der Waals surface area (Å²) in [5.41, 5.74) is 0. The summed E-state index contributed by atoms with van der Waals surface area (Å²) in [5, 5.41) is 12.6.